The molecule has 0 amide bonds. The Morgan fingerprint density at radius 2 is 0.571 bits per heavy atom. The molecule has 0 spiro atoms. The zero-order chi connectivity index (χ0) is 6.00. The van der Waals surface area contributed by atoms with Crippen LogP contribution in [0.25, 0.3) is 0 Å². The van der Waals surface area contributed by atoms with E-state index in [9.17, 15) is 0 Å². The second kappa shape index (κ2) is 1900. The van der Waals surface area contributed by atoms with Crippen LogP contribution in [0.3, 0.4) is 0 Å². The van der Waals surface area contributed by atoms with Gasteiger partial charge in [-0.3, -0.25) is 0 Å². The van der Waals surface area contributed by atoms with Crippen molar-refractivity contribution in [1.82, 2.24) is 0 Å². The molecule has 4 heteroatoms. The van der Waals surface area contributed by atoms with E-state index in [1.807, 2.05) is 0 Å². The monoisotopic (exact) mass is 147 g/mol. The average Bonchev–Trinajstić information content (AvgIpc) is 1.81. The molecule has 0 N–H and O–H groups in total. The standard InChI is InChI=1S/3CO.Cu/c3*1-2;/q;;;+1. The van der Waals surface area contributed by atoms with Gasteiger partial charge in [0.2, 0.25) is 0 Å². The van der Waals surface area contributed by atoms with Gasteiger partial charge in [0.1, 0.15) is 0 Å². The maximum absolute atomic E-state index is 7.50. The van der Waals surface area contributed by atoms with Gasteiger partial charge in [0.15, 0.2) is 0 Å². The fourth-order valence-corrected chi connectivity index (χ4v) is 0. The van der Waals surface area contributed by atoms with Gasteiger partial charge in [-0.15, -0.1) is 0 Å². The van der Waals surface area contributed by atoms with Gasteiger partial charge in [0, 0.05) is 0 Å². The van der Waals surface area contributed by atoms with Gasteiger partial charge in [-0.2, -0.15) is 0 Å². The van der Waals surface area contributed by atoms with Crippen molar-refractivity contribution in [2.75, 3.05) is 0 Å². The molecule has 0 fully saturated rings. The minimum Gasteiger partial charge on any atom is 1.00 e. The first-order valence-corrected chi connectivity index (χ1v) is 0.612. The predicted molar refractivity (Wildman–Crippen MR) is 11.8 cm³/mol. The molecule has 3 nitrogen and oxygen atoms in total. The Labute approximate surface area is 51.7 Å². The molecule has 0 rings (SSSR count). The van der Waals surface area contributed by atoms with E-state index in [4.69, 9.17) is 14.0 Å². The molecule has 0 aromatic rings. The summed E-state index contributed by atoms with van der Waals surface area (Å²) in [7, 11) is 0. The van der Waals surface area contributed by atoms with E-state index in [1.165, 1.54) is 0 Å². The van der Waals surface area contributed by atoms with Crippen LogP contribution in [-0.4, -0.2) is 0 Å². The summed E-state index contributed by atoms with van der Waals surface area (Å²) in [5, 5.41) is 0. The number of hydrogen-bond acceptors (Lipinski definition) is 0. The van der Waals surface area contributed by atoms with E-state index in [0.717, 1.165) is 0 Å². The normalized spacial score (nSPS) is 0.857. The molecule has 0 atom stereocenters. The molecule has 0 aromatic heterocycles. The third-order valence-corrected chi connectivity index (χ3v) is 0. The number of hydrogen-bond donors (Lipinski definition) is 0. The van der Waals surface area contributed by atoms with Crippen molar-refractivity contribution in [3.05, 3.63) is 20.0 Å². The second-order valence-corrected chi connectivity index (χ2v) is 0. The van der Waals surface area contributed by atoms with Crippen LogP contribution in [0, 0.1) is 20.0 Å². The molecule has 7 heavy (non-hydrogen) atoms. The largest absolute Gasteiger partial charge is 1.00 e. The Bertz CT molecular complexity index is 38.7. The van der Waals surface area contributed by atoms with Crippen molar-refractivity contribution in [2.24, 2.45) is 0 Å². The van der Waals surface area contributed by atoms with E-state index in [0.29, 0.717) is 0 Å². The minimum atomic E-state index is 0. The molecule has 0 unspecified atom stereocenters. The number of rotatable bonds is 0. The summed E-state index contributed by atoms with van der Waals surface area (Å²) < 4.78 is 22.5. The summed E-state index contributed by atoms with van der Waals surface area (Å²) in [6.45, 7) is 13.5. The molecule has 0 heterocycles. The van der Waals surface area contributed by atoms with E-state index in [2.05, 4.69) is 20.0 Å². The van der Waals surface area contributed by atoms with E-state index < -0.39 is 0 Å². The van der Waals surface area contributed by atoms with Crippen LogP contribution in [0.2, 0.25) is 0 Å². The molecule has 0 saturated carbocycles. The van der Waals surface area contributed by atoms with E-state index in [-0.39, 0.29) is 17.1 Å². The molecular weight excluding hydrogens is 148 g/mol. The van der Waals surface area contributed by atoms with Crippen LogP contribution in [0.15, 0.2) is 0 Å². The van der Waals surface area contributed by atoms with Gasteiger partial charge in [-0.1, -0.05) is 0 Å². The summed E-state index contributed by atoms with van der Waals surface area (Å²) >= 11 is 0. The van der Waals surface area contributed by atoms with Crippen LogP contribution in [0.4, 0.5) is 0 Å². The SMILES string of the molecule is [C-]#[O+].[C-]#[O+].[C-]#[O+].[Cu+]. The zero-order valence-corrected chi connectivity index (χ0v) is 3.97. The topological polar surface area (TPSA) is 59.7 Å². The van der Waals surface area contributed by atoms with Crippen molar-refractivity contribution in [3.8, 4) is 0 Å². The van der Waals surface area contributed by atoms with Gasteiger partial charge in [-0.05, 0) is 0 Å². The fourth-order valence-electron chi connectivity index (χ4n) is 0. The van der Waals surface area contributed by atoms with Crippen molar-refractivity contribution < 1.29 is 31.0 Å². The molecule has 0 saturated heterocycles. The van der Waals surface area contributed by atoms with Crippen molar-refractivity contribution >= 4 is 0 Å². The summed E-state index contributed by atoms with van der Waals surface area (Å²) in [6.07, 6.45) is 0. The van der Waals surface area contributed by atoms with E-state index >= 15 is 0 Å². The maximum atomic E-state index is 7.50. The van der Waals surface area contributed by atoms with Crippen LogP contribution in [0.5, 0.6) is 0 Å². The first kappa shape index (κ1) is 29.6. The van der Waals surface area contributed by atoms with Crippen molar-refractivity contribution in [3.63, 3.8) is 0 Å². The fraction of sp³-hybridized carbons (Fsp3) is 0. The molecule has 0 aliphatic rings. The average molecular weight is 148 g/mol. The molecule has 0 aromatic carbocycles. The summed E-state index contributed by atoms with van der Waals surface area (Å²) in [5.74, 6) is 0. The van der Waals surface area contributed by atoms with Crippen molar-refractivity contribution in [1.29, 1.82) is 0 Å². The first-order valence-electron chi connectivity index (χ1n) is 0.612. The summed E-state index contributed by atoms with van der Waals surface area (Å²) in [5.41, 5.74) is 0. The second-order valence-electron chi connectivity index (χ2n) is 0. The quantitative estimate of drug-likeness (QED) is 0.261. The third-order valence-electron chi connectivity index (χ3n) is 0. The summed E-state index contributed by atoms with van der Waals surface area (Å²) in [4.78, 5) is 0. The minimum absolute atomic E-state index is 0. The Balaban J connectivity index is -0.00000000900. The smallest absolute Gasteiger partial charge is 1.00 e. The Hall–Kier alpha value is -0.261. The molecule has 0 aliphatic heterocycles. The molecule has 0 aliphatic carbocycles. The molecular formula is C3CuO3+. The Kier molecular flexibility index (Phi) is 8030. The maximum Gasteiger partial charge on any atom is 1.00 e. The van der Waals surface area contributed by atoms with Gasteiger partial charge >= 0.3 is 51.0 Å². The van der Waals surface area contributed by atoms with Crippen LogP contribution in [-0.2, 0) is 31.0 Å². The van der Waals surface area contributed by atoms with Crippen LogP contribution >= 0.6 is 0 Å². The van der Waals surface area contributed by atoms with Gasteiger partial charge < -0.3 is 0 Å². The van der Waals surface area contributed by atoms with E-state index in [1.54, 1.807) is 0 Å². The van der Waals surface area contributed by atoms with Crippen molar-refractivity contribution in [2.45, 2.75) is 0 Å². The van der Waals surface area contributed by atoms with Crippen LogP contribution in [0.1, 0.15) is 0 Å². The Morgan fingerprint density at radius 3 is 0.571 bits per heavy atom. The molecule has 0 radical (unpaired) electrons. The first-order chi connectivity index (χ1) is 3.00. The Morgan fingerprint density at radius 1 is 0.571 bits per heavy atom. The van der Waals surface area contributed by atoms with Gasteiger partial charge in [0.25, 0.3) is 0 Å². The zero-order valence-electron chi connectivity index (χ0n) is 3.03. The molecule has 40 valence electrons. The third kappa shape index (κ3) is 1180. The predicted octanol–water partition coefficient (Wildman–Crippen LogP) is -0.115. The molecule has 0 bridgehead atoms. The van der Waals surface area contributed by atoms with Gasteiger partial charge in [-0.25, -0.2) is 0 Å². The van der Waals surface area contributed by atoms with Crippen LogP contribution < -0.4 is 0 Å². The summed E-state index contributed by atoms with van der Waals surface area (Å²) in [6, 6.07) is 0. The van der Waals surface area contributed by atoms with Gasteiger partial charge in [0.05, 0.1) is 0 Å².